The van der Waals surface area contributed by atoms with Gasteiger partial charge in [0, 0.05) is 24.5 Å². The average Bonchev–Trinajstić information content (AvgIpc) is 2.93. The zero-order valence-corrected chi connectivity index (χ0v) is 10.9. The number of nitrogens with zero attached hydrogens (tertiary/aromatic N) is 2. The Bertz CT molecular complexity index is 481. The Balaban J connectivity index is 2.12. The predicted octanol–water partition coefficient (Wildman–Crippen LogP) is -0.728. The van der Waals surface area contributed by atoms with Crippen molar-refractivity contribution in [2.24, 2.45) is 0 Å². The third-order valence-electron chi connectivity index (χ3n) is 2.11. The van der Waals surface area contributed by atoms with Crippen molar-refractivity contribution in [3.63, 3.8) is 0 Å². The fraction of sp³-hybridized carbons (Fsp3) is 0.333. The molecule has 108 valence electrons. The second kappa shape index (κ2) is 8.46. The number of esters is 2. The highest BCUT2D eigenvalue weighted by atomic mass is 16.5. The first kappa shape index (κ1) is 15.4. The van der Waals surface area contributed by atoms with Crippen molar-refractivity contribution < 1.29 is 23.9 Å². The highest BCUT2D eigenvalue weighted by molar-refractivity contribution is 5.91. The van der Waals surface area contributed by atoms with Crippen molar-refractivity contribution in [2.45, 2.75) is 6.54 Å². The lowest BCUT2D eigenvalue weighted by molar-refractivity contribution is -0.139. The molecule has 8 nitrogen and oxygen atoms in total. The van der Waals surface area contributed by atoms with Crippen LogP contribution in [0.4, 0.5) is 0 Å². The number of ether oxygens (including phenoxy) is 2. The molecule has 1 amide bonds. The molecule has 0 radical (unpaired) electrons. The molecule has 1 aromatic heterocycles. The topological polar surface area (TPSA) is 99.5 Å². The van der Waals surface area contributed by atoms with E-state index in [1.165, 1.54) is 13.4 Å². The van der Waals surface area contributed by atoms with Gasteiger partial charge in [-0.25, -0.2) is 14.6 Å². The van der Waals surface area contributed by atoms with E-state index in [0.717, 1.165) is 12.2 Å². The van der Waals surface area contributed by atoms with E-state index >= 15 is 0 Å². The number of hydrogen-bond donors (Lipinski definition) is 1. The average molecular weight is 281 g/mol. The van der Waals surface area contributed by atoms with Crippen LogP contribution in [0.25, 0.3) is 0 Å². The SMILES string of the molecule is COC(=O)/C=C/C(=O)OCCNC(=O)Cn1ccnc1. The van der Waals surface area contributed by atoms with Crippen LogP contribution in [0.15, 0.2) is 30.9 Å². The maximum atomic E-state index is 11.4. The van der Waals surface area contributed by atoms with Crippen molar-refractivity contribution >= 4 is 17.8 Å². The van der Waals surface area contributed by atoms with Gasteiger partial charge >= 0.3 is 11.9 Å². The zero-order chi connectivity index (χ0) is 14.8. The van der Waals surface area contributed by atoms with Crippen LogP contribution in [0, 0.1) is 0 Å². The lowest BCUT2D eigenvalue weighted by atomic mass is 10.5. The van der Waals surface area contributed by atoms with Gasteiger partial charge in [0.15, 0.2) is 0 Å². The van der Waals surface area contributed by atoms with E-state index in [1.807, 2.05) is 0 Å². The normalized spacial score (nSPS) is 10.2. The van der Waals surface area contributed by atoms with Crippen LogP contribution in [-0.2, 0) is 30.4 Å². The molecule has 0 saturated heterocycles. The summed E-state index contributed by atoms with van der Waals surface area (Å²) < 4.78 is 10.7. The van der Waals surface area contributed by atoms with E-state index in [9.17, 15) is 14.4 Å². The molecule has 8 heteroatoms. The van der Waals surface area contributed by atoms with E-state index in [4.69, 9.17) is 4.74 Å². The number of nitrogens with one attached hydrogen (secondary N) is 1. The Morgan fingerprint density at radius 1 is 1.30 bits per heavy atom. The lowest BCUT2D eigenvalue weighted by Crippen LogP contribution is -2.30. The summed E-state index contributed by atoms with van der Waals surface area (Å²) in [5.74, 6) is -1.54. The summed E-state index contributed by atoms with van der Waals surface area (Å²) in [7, 11) is 1.20. The first-order chi connectivity index (χ1) is 9.61. The number of carbonyl (C=O) groups excluding carboxylic acids is 3. The first-order valence-corrected chi connectivity index (χ1v) is 5.77. The Morgan fingerprint density at radius 3 is 2.70 bits per heavy atom. The minimum Gasteiger partial charge on any atom is -0.466 e. The zero-order valence-electron chi connectivity index (χ0n) is 10.9. The van der Waals surface area contributed by atoms with Crippen LogP contribution >= 0.6 is 0 Å². The Morgan fingerprint density at radius 2 is 2.05 bits per heavy atom. The summed E-state index contributed by atoms with van der Waals surface area (Å²) in [6.07, 6.45) is 6.68. The van der Waals surface area contributed by atoms with Gasteiger partial charge in [-0.15, -0.1) is 0 Å². The van der Waals surface area contributed by atoms with Crippen LogP contribution in [0.1, 0.15) is 0 Å². The van der Waals surface area contributed by atoms with E-state index < -0.39 is 11.9 Å². The van der Waals surface area contributed by atoms with Gasteiger partial charge in [0.25, 0.3) is 0 Å². The molecule has 0 atom stereocenters. The standard InChI is InChI=1S/C12H15N3O5/c1-19-11(17)2-3-12(18)20-7-5-14-10(16)8-15-6-4-13-9-15/h2-4,6,9H,5,7-8H2,1H3,(H,14,16)/b3-2+. The van der Waals surface area contributed by atoms with E-state index in [2.05, 4.69) is 15.0 Å². The second-order valence-corrected chi connectivity index (χ2v) is 3.61. The van der Waals surface area contributed by atoms with Crippen LogP contribution in [-0.4, -0.2) is 47.7 Å². The van der Waals surface area contributed by atoms with Crippen LogP contribution < -0.4 is 5.32 Å². The van der Waals surface area contributed by atoms with Crippen LogP contribution in [0.3, 0.4) is 0 Å². The second-order valence-electron chi connectivity index (χ2n) is 3.61. The molecule has 0 fully saturated rings. The van der Waals surface area contributed by atoms with Crippen molar-refractivity contribution in [1.29, 1.82) is 0 Å². The Kier molecular flexibility index (Phi) is 6.52. The number of amides is 1. The highest BCUT2D eigenvalue weighted by Crippen LogP contribution is 1.86. The molecule has 0 aromatic carbocycles. The number of aromatic nitrogens is 2. The van der Waals surface area contributed by atoms with Gasteiger partial charge in [0.05, 0.1) is 20.0 Å². The molecule has 0 spiro atoms. The molecule has 20 heavy (non-hydrogen) atoms. The molecule has 0 aliphatic carbocycles. The first-order valence-electron chi connectivity index (χ1n) is 5.77. The van der Waals surface area contributed by atoms with E-state index in [1.54, 1.807) is 17.0 Å². The van der Waals surface area contributed by atoms with Crippen molar-refractivity contribution in [3.8, 4) is 0 Å². The molecule has 1 N–H and O–H groups in total. The number of imidazole rings is 1. The summed E-state index contributed by atoms with van der Waals surface area (Å²) >= 11 is 0. The summed E-state index contributed by atoms with van der Waals surface area (Å²) in [5.41, 5.74) is 0. The maximum absolute atomic E-state index is 11.4. The minimum absolute atomic E-state index is 0.0139. The monoisotopic (exact) mass is 281 g/mol. The third-order valence-corrected chi connectivity index (χ3v) is 2.11. The molecule has 0 aliphatic heterocycles. The molecule has 0 saturated carbocycles. The predicted molar refractivity (Wildman–Crippen MR) is 67.4 cm³/mol. The van der Waals surface area contributed by atoms with Gasteiger partial charge in [-0.1, -0.05) is 0 Å². The molecule has 1 rings (SSSR count). The quantitative estimate of drug-likeness (QED) is 0.402. The molecule has 0 aliphatic rings. The molecular weight excluding hydrogens is 266 g/mol. The third kappa shape index (κ3) is 6.34. The van der Waals surface area contributed by atoms with Crippen LogP contribution in [0.5, 0.6) is 0 Å². The van der Waals surface area contributed by atoms with Gasteiger partial charge in [-0.3, -0.25) is 4.79 Å². The smallest absolute Gasteiger partial charge is 0.331 e. The summed E-state index contributed by atoms with van der Waals surface area (Å²) in [6.45, 7) is 0.349. The Hall–Kier alpha value is -2.64. The molecular formula is C12H15N3O5. The fourth-order valence-corrected chi connectivity index (χ4v) is 1.20. The van der Waals surface area contributed by atoms with Crippen LogP contribution in [0.2, 0.25) is 0 Å². The van der Waals surface area contributed by atoms with Gasteiger partial charge in [-0.05, 0) is 0 Å². The number of rotatable bonds is 7. The van der Waals surface area contributed by atoms with Crippen molar-refractivity contribution in [1.82, 2.24) is 14.9 Å². The van der Waals surface area contributed by atoms with Crippen molar-refractivity contribution in [2.75, 3.05) is 20.3 Å². The highest BCUT2D eigenvalue weighted by Gasteiger charge is 2.03. The molecule has 0 bridgehead atoms. The number of hydrogen-bond acceptors (Lipinski definition) is 6. The maximum Gasteiger partial charge on any atom is 0.331 e. The molecule has 1 aromatic rings. The summed E-state index contributed by atoms with van der Waals surface area (Å²) in [5, 5.41) is 2.57. The molecule has 1 heterocycles. The number of carbonyl (C=O) groups is 3. The van der Waals surface area contributed by atoms with E-state index in [-0.39, 0.29) is 25.6 Å². The Labute approximate surface area is 115 Å². The lowest BCUT2D eigenvalue weighted by Gasteiger charge is -2.05. The number of methoxy groups -OCH3 is 1. The summed E-state index contributed by atoms with van der Waals surface area (Å²) in [4.78, 5) is 37.1. The fourth-order valence-electron chi connectivity index (χ4n) is 1.20. The summed E-state index contributed by atoms with van der Waals surface area (Å²) in [6, 6.07) is 0. The van der Waals surface area contributed by atoms with Gasteiger partial charge in [0.2, 0.25) is 5.91 Å². The van der Waals surface area contributed by atoms with Gasteiger partial charge in [-0.2, -0.15) is 0 Å². The largest absolute Gasteiger partial charge is 0.466 e. The van der Waals surface area contributed by atoms with Gasteiger partial charge < -0.3 is 19.4 Å². The van der Waals surface area contributed by atoms with E-state index in [0.29, 0.717) is 0 Å². The minimum atomic E-state index is -0.681. The van der Waals surface area contributed by atoms with Crippen molar-refractivity contribution in [3.05, 3.63) is 30.9 Å². The van der Waals surface area contributed by atoms with Gasteiger partial charge in [0.1, 0.15) is 13.2 Å². The molecule has 0 unspecified atom stereocenters.